The Bertz CT molecular complexity index is 1720. The predicted octanol–water partition coefficient (Wildman–Crippen LogP) is 9.15. The van der Waals surface area contributed by atoms with Crippen molar-refractivity contribution in [1.29, 1.82) is 0 Å². The highest BCUT2D eigenvalue weighted by molar-refractivity contribution is 6.26. The highest BCUT2D eigenvalue weighted by Gasteiger charge is 2.27. The van der Waals surface area contributed by atoms with E-state index in [2.05, 4.69) is 105 Å². The molecule has 7 rings (SSSR count). The number of hydrogen-bond acceptors (Lipinski definition) is 0. The Morgan fingerprint density at radius 1 is 0.531 bits per heavy atom. The van der Waals surface area contributed by atoms with Crippen LogP contribution in [-0.2, 0) is 6.42 Å². The summed E-state index contributed by atoms with van der Waals surface area (Å²) in [6.07, 6.45) is 1.09. The Morgan fingerprint density at radius 2 is 1.16 bits per heavy atom. The molecule has 0 aliphatic heterocycles. The second-order valence-corrected chi connectivity index (χ2v) is 9.67. The van der Waals surface area contributed by atoms with Gasteiger partial charge < -0.3 is 0 Å². The van der Waals surface area contributed by atoms with Crippen LogP contribution < -0.4 is 0 Å². The van der Waals surface area contributed by atoms with E-state index in [1.54, 1.807) is 0 Å². The van der Waals surface area contributed by atoms with Crippen LogP contribution in [0, 0.1) is 5.92 Å². The second-order valence-electron chi connectivity index (χ2n) is 9.67. The number of benzene rings is 6. The van der Waals surface area contributed by atoms with Crippen LogP contribution in [0.2, 0.25) is 0 Å². The molecule has 0 saturated carbocycles. The van der Waals surface area contributed by atoms with Crippen molar-refractivity contribution in [1.82, 2.24) is 0 Å². The Labute approximate surface area is 188 Å². The lowest BCUT2D eigenvalue weighted by molar-refractivity contribution is 0.651. The highest BCUT2D eigenvalue weighted by Crippen LogP contribution is 2.53. The molecule has 0 spiro atoms. The fourth-order valence-corrected chi connectivity index (χ4v) is 5.88. The molecule has 0 heteroatoms. The van der Waals surface area contributed by atoms with E-state index in [1.165, 1.54) is 70.9 Å². The molecule has 0 fully saturated rings. The van der Waals surface area contributed by atoms with Gasteiger partial charge in [-0.1, -0.05) is 80.6 Å². The van der Waals surface area contributed by atoms with E-state index in [9.17, 15) is 0 Å². The van der Waals surface area contributed by atoms with Crippen LogP contribution in [-0.4, -0.2) is 0 Å². The standard InChI is InChI=1S/C32H24/c1-19(2)14-29-25-11-6-5-10-24(25)26-12-7-13-27-28-17-22-15-20-8-3-4-9-21(20)16-23(22)18-30(28)32(29)31(26)27/h3-13,15-19H,14H2,1-2H3. The summed E-state index contributed by atoms with van der Waals surface area (Å²) in [6.45, 7) is 4.67. The molecule has 32 heavy (non-hydrogen) atoms. The molecular formula is C32H24. The quantitative estimate of drug-likeness (QED) is 0.198. The first kappa shape index (κ1) is 18.0. The lowest BCUT2D eigenvalue weighted by Crippen LogP contribution is -1.98. The van der Waals surface area contributed by atoms with Crippen molar-refractivity contribution in [2.75, 3.05) is 0 Å². The molecule has 6 aromatic rings. The van der Waals surface area contributed by atoms with E-state index in [4.69, 9.17) is 0 Å². The Hall–Kier alpha value is -3.64. The zero-order chi connectivity index (χ0) is 21.4. The average molecular weight is 409 g/mol. The molecular weight excluding hydrogens is 384 g/mol. The molecule has 0 radical (unpaired) electrons. The van der Waals surface area contributed by atoms with Gasteiger partial charge in [-0.3, -0.25) is 0 Å². The molecule has 152 valence electrons. The van der Waals surface area contributed by atoms with Crippen molar-refractivity contribution < 1.29 is 0 Å². The molecule has 0 heterocycles. The van der Waals surface area contributed by atoms with Gasteiger partial charge in [0.1, 0.15) is 0 Å². The number of rotatable bonds is 2. The minimum Gasteiger partial charge on any atom is -0.0625 e. The maximum Gasteiger partial charge on any atom is -0.00171 e. The monoisotopic (exact) mass is 408 g/mol. The fraction of sp³-hybridized carbons (Fsp3) is 0.125. The van der Waals surface area contributed by atoms with E-state index in [1.807, 2.05) is 0 Å². The summed E-state index contributed by atoms with van der Waals surface area (Å²) in [6, 6.07) is 34.1. The van der Waals surface area contributed by atoms with Gasteiger partial charge in [0, 0.05) is 0 Å². The molecule has 1 aliphatic carbocycles. The summed E-state index contributed by atoms with van der Waals surface area (Å²) in [5, 5.41) is 10.9. The van der Waals surface area contributed by atoms with Gasteiger partial charge >= 0.3 is 0 Å². The third kappa shape index (κ3) is 2.38. The summed E-state index contributed by atoms with van der Waals surface area (Å²) in [5.41, 5.74) is 7.15. The molecule has 6 aromatic carbocycles. The van der Waals surface area contributed by atoms with Gasteiger partial charge in [-0.05, 0) is 108 Å². The van der Waals surface area contributed by atoms with E-state index in [0.29, 0.717) is 5.92 Å². The zero-order valence-corrected chi connectivity index (χ0v) is 18.4. The molecule has 1 aliphatic rings. The summed E-state index contributed by atoms with van der Waals surface area (Å²) >= 11 is 0. The number of hydrogen-bond donors (Lipinski definition) is 0. The van der Waals surface area contributed by atoms with E-state index in [0.717, 1.165) is 6.42 Å². The lowest BCUT2D eigenvalue weighted by Gasteiger charge is -2.17. The van der Waals surface area contributed by atoms with Crippen molar-refractivity contribution in [3.8, 4) is 22.3 Å². The highest BCUT2D eigenvalue weighted by atomic mass is 14.3. The van der Waals surface area contributed by atoms with Gasteiger partial charge in [0.25, 0.3) is 0 Å². The van der Waals surface area contributed by atoms with Gasteiger partial charge in [0.2, 0.25) is 0 Å². The second kappa shape index (κ2) is 6.43. The summed E-state index contributed by atoms with van der Waals surface area (Å²) < 4.78 is 0. The van der Waals surface area contributed by atoms with Crippen molar-refractivity contribution in [2.24, 2.45) is 5.92 Å². The molecule has 0 saturated heterocycles. The van der Waals surface area contributed by atoms with Gasteiger partial charge in [0.15, 0.2) is 0 Å². The molecule has 0 bridgehead atoms. The summed E-state index contributed by atoms with van der Waals surface area (Å²) in [5.74, 6) is 0.604. The summed E-state index contributed by atoms with van der Waals surface area (Å²) in [4.78, 5) is 0. The van der Waals surface area contributed by atoms with Gasteiger partial charge in [-0.15, -0.1) is 0 Å². The molecule has 0 atom stereocenters. The van der Waals surface area contributed by atoms with Crippen LogP contribution in [0.3, 0.4) is 0 Å². The molecule has 0 aromatic heterocycles. The third-order valence-corrected chi connectivity index (χ3v) is 7.17. The van der Waals surface area contributed by atoms with Gasteiger partial charge in [-0.25, -0.2) is 0 Å². The van der Waals surface area contributed by atoms with Crippen LogP contribution in [0.4, 0.5) is 0 Å². The maximum atomic E-state index is 2.45. The smallest absolute Gasteiger partial charge is 0.00171 e. The van der Waals surface area contributed by atoms with E-state index < -0.39 is 0 Å². The Kier molecular flexibility index (Phi) is 3.62. The van der Waals surface area contributed by atoms with Crippen LogP contribution in [0.5, 0.6) is 0 Å². The van der Waals surface area contributed by atoms with Gasteiger partial charge in [-0.2, -0.15) is 0 Å². The van der Waals surface area contributed by atoms with Crippen molar-refractivity contribution in [3.05, 3.63) is 96.6 Å². The van der Waals surface area contributed by atoms with Gasteiger partial charge in [0.05, 0.1) is 0 Å². The first-order valence-electron chi connectivity index (χ1n) is 11.6. The van der Waals surface area contributed by atoms with Crippen molar-refractivity contribution >= 4 is 43.1 Å². The molecule has 0 N–H and O–H groups in total. The lowest BCUT2D eigenvalue weighted by atomic mass is 9.86. The normalized spacial score (nSPS) is 12.5. The zero-order valence-electron chi connectivity index (χ0n) is 18.4. The largest absolute Gasteiger partial charge is 0.0625 e. The minimum atomic E-state index is 0.604. The average Bonchev–Trinajstić information content (AvgIpc) is 3.13. The number of fused-ring (bicyclic) bond motifs is 7. The summed E-state index contributed by atoms with van der Waals surface area (Å²) in [7, 11) is 0. The topological polar surface area (TPSA) is 0 Å². The third-order valence-electron chi connectivity index (χ3n) is 7.17. The minimum absolute atomic E-state index is 0.604. The fourth-order valence-electron chi connectivity index (χ4n) is 5.88. The Morgan fingerprint density at radius 3 is 1.88 bits per heavy atom. The molecule has 0 nitrogen and oxygen atoms in total. The van der Waals surface area contributed by atoms with E-state index >= 15 is 0 Å². The van der Waals surface area contributed by atoms with Crippen molar-refractivity contribution in [3.63, 3.8) is 0 Å². The Balaban J connectivity index is 1.67. The SMILES string of the molecule is CC(C)Cc1c2c3c(cccc3c3ccccc13)-c1cc3cc4ccccc4cc3cc1-2. The van der Waals surface area contributed by atoms with E-state index in [-0.39, 0.29) is 0 Å². The van der Waals surface area contributed by atoms with Crippen LogP contribution in [0.15, 0.2) is 91.0 Å². The van der Waals surface area contributed by atoms with Crippen LogP contribution in [0.25, 0.3) is 65.3 Å². The predicted molar refractivity (Wildman–Crippen MR) is 139 cm³/mol. The van der Waals surface area contributed by atoms with Crippen molar-refractivity contribution in [2.45, 2.75) is 20.3 Å². The first-order valence-corrected chi connectivity index (χ1v) is 11.6. The van der Waals surface area contributed by atoms with Crippen LogP contribution >= 0.6 is 0 Å². The molecule has 0 amide bonds. The maximum absolute atomic E-state index is 2.45. The first-order chi connectivity index (χ1) is 15.7. The molecule has 0 unspecified atom stereocenters. The van der Waals surface area contributed by atoms with Crippen LogP contribution in [0.1, 0.15) is 19.4 Å².